The van der Waals surface area contributed by atoms with Crippen LogP contribution in [0.5, 0.6) is 5.75 Å². The van der Waals surface area contributed by atoms with E-state index in [0.717, 1.165) is 12.8 Å². The van der Waals surface area contributed by atoms with Gasteiger partial charge in [0.05, 0.1) is 29.3 Å². The fourth-order valence-corrected chi connectivity index (χ4v) is 3.79. The van der Waals surface area contributed by atoms with Crippen molar-refractivity contribution in [2.75, 3.05) is 12.9 Å². The number of thioether (sulfide) groups is 1. The summed E-state index contributed by atoms with van der Waals surface area (Å²) in [5.74, 6) is -0.443. The van der Waals surface area contributed by atoms with Crippen LogP contribution in [0.3, 0.4) is 0 Å². The molecule has 3 rings (SSSR count). The van der Waals surface area contributed by atoms with E-state index in [2.05, 4.69) is 4.98 Å². The number of fused-ring (bicyclic) bond motifs is 1. The number of carbonyl (C=O) groups is 1. The molecule has 5 nitrogen and oxygen atoms in total. The Morgan fingerprint density at radius 2 is 2.04 bits per heavy atom. The summed E-state index contributed by atoms with van der Waals surface area (Å²) in [5.41, 5.74) is 0.661. The first-order valence-corrected chi connectivity index (χ1v) is 10.0. The Hall–Kier alpha value is -2.67. The predicted octanol–water partition coefficient (Wildman–Crippen LogP) is 4.32. The van der Waals surface area contributed by atoms with E-state index in [1.165, 1.54) is 37.1 Å². The van der Waals surface area contributed by atoms with Crippen molar-refractivity contribution in [2.24, 2.45) is 0 Å². The van der Waals surface area contributed by atoms with Gasteiger partial charge in [0.25, 0.3) is 5.56 Å². The number of aromatic nitrogens is 2. The number of Topliss-reactive ketones (excluding diaryl/α,β-unsaturated/α-hetero) is 1. The number of nitrogens with zero attached hydrogens (tertiary/aromatic N) is 2. The number of hydrogen-bond acceptors (Lipinski definition) is 5. The van der Waals surface area contributed by atoms with Gasteiger partial charge in [-0.05, 0) is 36.8 Å². The molecule has 0 aliphatic carbocycles. The van der Waals surface area contributed by atoms with E-state index in [0.29, 0.717) is 28.4 Å². The number of methoxy groups -OCH3 is 1. The van der Waals surface area contributed by atoms with Crippen LogP contribution >= 0.6 is 11.8 Å². The summed E-state index contributed by atoms with van der Waals surface area (Å²) in [6.45, 7) is 2.58. The summed E-state index contributed by atoms with van der Waals surface area (Å²) >= 11 is 1.18. The van der Waals surface area contributed by atoms with E-state index in [-0.39, 0.29) is 22.7 Å². The van der Waals surface area contributed by atoms with Crippen molar-refractivity contribution >= 4 is 28.4 Å². The molecule has 146 valence electrons. The first-order chi connectivity index (χ1) is 13.5. The molecule has 7 heteroatoms. The highest BCUT2D eigenvalue weighted by Gasteiger charge is 2.17. The second-order valence-corrected chi connectivity index (χ2v) is 7.22. The van der Waals surface area contributed by atoms with Crippen molar-refractivity contribution in [1.29, 1.82) is 0 Å². The van der Waals surface area contributed by atoms with Crippen molar-refractivity contribution in [3.63, 3.8) is 0 Å². The van der Waals surface area contributed by atoms with E-state index in [1.54, 1.807) is 16.7 Å². The number of benzene rings is 2. The summed E-state index contributed by atoms with van der Waals surface area (Å²) in [6.07, 6.45) is 1.77. The van der Waals surface area contributed by atoms with Gasteiger partial charge in [-0.1, -0.05) is 37.2 Å². The highest BCUT2D eigenvalue weighted by molar-refractivity contribution is 7.99. The molecule has 0 saturated heterocycles. The smallest absolute Gasteiger partial charge is 0.262 e. The van der Waals surface area contributed by atoms with Gasteiger partial charge < -0.3 is 4.74 Å². The lowest BCUT2D eigenvalue weighted by Crippen LogP contribution is -2.24. The number of ketones is 1. The minimum atomic E-state index is -0.502. The highest BCUT2D eigenvalue weighted by atomic mass is 32.2. The van der Waals surface area contributed by atoms with Crippen molar-refractivity contribution in [2.45, 2.75) is 31.5 Å². The topological polar surface area (TPSA) is 61.2 Å². The van der Waals surface area contributed by atoms with Crippen LogP contribution in [0.2, 0.25) is 0 Å². The molecule has 28 heavy (non-hydrogen) atoms. The van der Waals surface area contributed by atoms with Crippen LogP contribution in [-0.4, -0.2) is 28.2 Å². The average Bonchev–Trinajstić information content (AvgIpc) is 2.71. The minimum absolute atomic E-state index is 0.0245. The first-order valence-electron chi connectivity index (χ1n) is 9.04. The molecule has 0 saturated carbocycles. The lowest BCUT2D eigenvalue weighted by Gasteiger charge is -2.13. The van der Waals surface area contributed by atoms with Gasteiger partial charge in [-0.3, -0.25) is 14.2 Å². The maximum Gasteiger partial charge on any atom is 0.262 e. The van der Waals surface area contributed by atoms with Crippen LogP contribution in [0.4, 0.5) is 4.39 Å². The Morgan fingerprint density at radius 3 is 2.79 bits per heavy atom. The van der Waals surface area contributed by atoms with Crippen molar-refractivity contribution in [1.82, 2.24) is 9.55 Å². The Bertz CT molecular complexity index is 1070. The van der Waals surface area contributed by atoms with Crippen molar-refractivity contribution in [3.8, 4) is 5.75 Å². The van der Waals surface area contributed by atoms with E-state index >= 15 is 0 Å². The molecule has 0 aliphatic rings. The van der Waals surface area contributed by atoms with E-state index in [1.807, 2.05) is 19.1 Å². The van der Waals surface area contributed by atoms with Gasteiger partial charge in [0, 0.05) is 6.54 Å². The quantitative estimate of drug-likeness (QED) is 0.320. The number of para-hydroxylation sites is 1. The molecule has 1 aromatic heterocycles. The molecule has 0 N–H and O–H groups in total. The van der Waals surface area contributed by atoms with Crippen molar-refractivity contribution < 1.29 is 13.9 Å². The molecule has 0 radical (unpaired) electrons. The second-order valence-electron chi connectivity index (χ2n) is 6.28. The van der Waals surface area contributed by atoms with Crippen LogP contribution in [0.25, 0.3) is 10.9 Å². The zero-order valence-corrected chi connectivity index (χ0v) is 16.6. The molecule has 0 bridgehead atoms. The summed E-state index contributed by atoms with van der Waals surface area (Å²) in [7, 11) is 1.43. The third-order valence-electron chi connectivity index (χ3n) is 4.36. The number of ether oxygens (including phenoxy) is 1. The number of rotatable bonds is 8. The van der Waals surface area contributed by atoms with Gasteiger partial charge in [0.2, 0.25) is 0 Å². The number of halogens is 1. The molecule has 3 aromatic rings. The van der Waals surface area contributed by atoms with Crippen LogP contribution in [-0.2, 0) is 6.54 Å². The van der Waals surface area contributed by atoms with E-state index < -0.39 is 5.82 Å². The third kappa shape index (κ3) is 4.25. The van der Waals surface area contributed by atoms with Gasteiger partial charge in [0.15, 0.2) is 10.9 Å². The standard InChI is InChI=1S/C21H21FN2O3S/c1-3-4-11-24-20(26)15-7-5-6-8-17(15)23-21(24)28-13-18(25)16-12-14(22)9-10-19(16)27-2/h5-10,12H,3-4,11,13H2,1-2H3. The highest BCUT2D eigenvalue weighted by Crippen LogP contribution is 2.24. The van der Waals surface area contributed by atoms with Gasteiger partial charge in [-0.2, -0.15) is 0 Å². The summed E-state index contributed by atoms with van der Waals surface area (Å²) in [4.78, 5) is 30.1. The fourth-order valence-electron chi connectivity index (χ4n) is 2.88. The molecule has 2 aromatic carbocycles. The van der Waals surface area contributed by atoms with Gasteiger partial charge in [-0.25, -0.2) is 9.37 Å². The molecule has 0 spiro atoms. The molecular formula is C21H21FN2O3S. The van der Waals surface area contributed by atoms with Gasteiger partial charge in [0.1, 0.15) is 11.6 Å². The largest absolute Gasteiger partial charge is 0.496 e. The number of unbranched alkanes of at least 4 members (excludes halogenated alkanes) is 1. The van der Waals surface area contributed by atoms with Crippen LogP contribution in [0, 0.1) is 5.82 Å². The molecule has 0 amide bonds. The van der Waals surface area contributed by atoms with Crippen LogP contribution in [0.1, 0.15) is 30.1 Å². The van der Waals surface area contributed by atoms with Gasteiger partial charge in [-0.15, -0.1) is 0 Å². The Morgan fingerprint density at radius 1 is 1.25 bits per heavy atom. The van der Waals surface area contributed by atoms with Crippen LogP contribution in [0.15, 0.2) is 52.4 Å². The monoisotopic (exact) mass is 400 g/mol. The molecule has 1 heterocycles. The molecular weight excluding hydrogens is 379 g/mol. The molecule has 0 fully saturated rings. The Kier molecular flexibility index (Phi) is 6.46. The van der Waals surface area contributed by atoms with E-state index in [9.17, 15) is 14.0 Å². The molecule has 0 aliphatic heterocycles. The maximum absolute atomic E-state index is 13.6. The van der Waals surface area contributed by atoms with E-state index in [4.69, 9.17) is 4.74 Å². The normalized spacial score (nSPS) is 11.0. The maximum atomic E-state index is 13.6. The molecule has 0 atom stereocenters. The number of hydrogen-bond donors (Lipinski definition) is 0. The Labute approximate surface area is 166 Å². The summed E-state index contributed by atoms with van der Waals surface area (Å²) in [6, 6.07) is 11.0. The molecule has 0 unspecified atom stereocenters. The predicted molar refractivity (Wildman–Crippen MR) is 109 cm³/mol. The lowest BCUT2D eigenvalue weighted by molar-refractivity contribution is 0.101. The number of carbonyl (C=O) groups excluding carboxylic acids is 1. The summed E-state index contributed by atoms with van der Waals surface area (Å²) in [5, 5.41) is 1.04. The van der Waals surface area contributed by atoms with Gasteiger partial charge >= 0.3 is 0 Å². The average molecular weight is 400 g/mol. The lowest BCUT2D eigenvalue weighted by atomic mass is 10.1. The minimum Gasteiger partial charge on any atom is -0.496 e. The first kappa shape index (κ1) is 20.1. The zero-order chi connectivity index (χ0) is 20.1. The summed E-state index contributed by atoms with van der Waals surface area (Å²) < 4.78 is 20.3. The zero-order valence-electron chi connectivity index (χ0n) is 15.8. The SMILES string of the molecule is CCCCn1c(SCC(=O)c2cc(F)ccc2OC)nc2ccccc2c1=O. The fraction of sp³-hybridized carbons (Fsp3) is 0.286. The van der Waals surface area contributed by atoms with Crippen molar-refractivity contribution in [3.05, 3.63) is 64.2 Å². The third-order valence-corrected chi connectivity index (χ3v) is 5.33. The second kappa shape index (κ2) is 9.01. The Balaban J connectivity index is 1.92. The van der Waals surface area contributed by atoms with Crippen LogP contribution < -0.4 is 10.3 Å².